The molecule has 1 radical (unpaired) electrons. The van der Waals surface area contributed by atoms with Gasteiger partial charge in [-0.15, -0.1) is 0 Å². The molecule has 2 aromatic carbocycles. The van der Waals surface area contributed by atoms with E-state index in [4.69, 9.17) is 0 Å². The fourth-order valence-electron chi connectivity index (χ4n) is 1.73. The predicted molar refractivity (Wildman–Crippen MR) is 64.8 cm³/mol. The van der Waals surface area contributed by atoms with E-state index >= 15 is 0 Å². The Morgan fingerprint density at radius 3 is 2.27 bits per heavy atom. The van der Waals surface area contributed by atoms with E-state index in [0.29, 0.717) is 0 Å². The highest BCUT2D eigenvalue weighted by atomic mass is 14.0. The van der Waals surface area contributed by atoms with Crippen LogP contribution in [0.3, 0.4) is 0 Å². The zero-order chi connectivity index (χ0) is 10.5. The molecule has 0 aliphatic rings. The lowest BCUT2D eigenvalue weighted by Crippen LogP contribution is -1.91. The zero-order valence-corrected chi connectivity index (χ0v) is 8.98. The molecule has 0 bridgehead atoms. The van der Waals surface area contributed by atoms with Crippen molar-refractivity contribution in [2.75, 3.05) is 0 Å². The fraction of sp³-hybridized carbons (Fsp3) is 0.133. The molecule has 0 N–H and O–H groups in total. The maximum Gasteiger partial charge on any atom is 0.0202 e. The number of hydrogen-bond acceptors (Lipinski definition) is 0. The van der Waals surface area contributed by atoms with Gasteiger partial charge in [-0.3, -0.25) is 0 Å². The summed E-state index contributed by atoms with van der Waals surface area (Å²) in [7, 11) is 0. The van der Waals surface area contributed by atoms with E-state index in [9.17, 15) is 0 Å². The topological polar surface area (TPSA) is 0 Å². The highest BCUT2D eigenvalue weighted by Crippen LogP contribution is 2.16. The first-order chi connectivity index (χ1) is 7.40. The Labute approximate surface area is 91.6 Å². The van der Waals surface area contributed by atoms with Crippen LogP contribution in [0.1, 0.15) is 23.6 Å². The minimum atomic E-state index is 1.08. The Kier molecular flexibility index (Phi) is 3.18. The molecule has 0 fully saturated rings. The molecule has 2 rings (SSSR count). The van der Waals surface area contributed by atoms with Crippen molar-refractivity contribution in [2.24, 2.45) is 0 Å². The SMILES string of the molecule is CCc1ccccc1[CH]c1ccccc1. The van der Waals surface area contributed by atoms with Crippen LogP contribution >= 0.6 is 0 Å². The first-order valence-electron chi connectivity index (χ1n) is 5.38. The summed E-state index contributed by atoms with van der Waals surface area (Å²) in [5, 5.41) is 0. The molecule has 0 heterocycles. The second kappa shape index (κ2) is 4.79. The molecule has 0 nitrogen and oxygen atoms in total. The maximum atomic E-state index is 2.23. The van der Waals surface area contributed by atoms with Gasteiger partial charge in [0, 0.05) is 6.42 Å². The van der Waals surface area contributed by atoms with E-state index in [2.05, 4.69) is 61.9 Å². The third-order valence-corrected chi connectivity index (χ3v) is 2.56. The number of benzene rings is 2. The monoisotopic (exact) mass is 195 g/mol. The van der Waals surface area contributed by atoms with Crippen LogP contribution in [0.2, 0.25) is 0 Å². The summed E-state index contributed by atoms with van der Waals surface area (Å²) in [6.07, 6.45) is 3.32. The summed E-state index contributed by atoms with van der Waals surface area (Å²) in [6, 6.07) is 19.0. The molecule has 0 aromatic heterocycles. The van der Waals surface area contributed by atoms with Gasteiger partial charge in [0.15, 0.2) is 0 Å². The lowest BCUT2D eigenvalue weighted by Gasteiger charge is -2.06. The van der Waals surface area contributed by atoms with Crippen molar-refractivity contribution in [1.82, 2.24) is 0 Å². The summed E-state index contributed by atoms with van der Waals surface area (Å²) >= 11 is 0. The van der Waals surface area contributed by atoms with Crippen molar-refractivity contribution < 1.29 is 0 Å². The van der Waals surface area contributed by atoms with Crippen LogP contribution in [0.25, 0.3) is 0 Å². The van der Waals surface area contributed by atoms with Crippen LogP contribution in [0, 0.1) is 6.42 Å². The van der Waals surface area contributed by atoms with Crippen molar-refractivity contribution in [3.05, 3.63) is 77.7 Å². The lowest BCUT2D eigenvalue weighted by atomic mass is 9.98. The summed E-state index contributed by atoms with van der Waals surface area (Å²) in [6.45, 7) is 2.19. The maximum absolute atomic E-state index is 2.23. The highest BCUT2D eigenvalue weighted by molar-refractivity contribution is 5.41. The number of hydrogen-bond donors (Lipinski definition) is 0. The molecular formula is C15H15. The summed E-state index contributed by atoms with van der Waals surface area (Å²) < 4.78 is 0. The van der Waals surface area contributed by atoms with Crippen LogP contribution in [0.4, 0.5) is 0 Å². The van der Waals surface area contributed by atoms with Gasteiger partial charge in [0.25, 0.3) is 0 Å². The summed E-state index contributed by atoms with van der Waals surface area (Å²) in [5.74, 6) is 0. The Hall–Kier alpha value is -1.56. The van der Waals surface area contributed by atoms with Gasteiger partial charge >= 0.3 is 0 Å². The Bertz CT molecular complexity index is 415. The zero-order valence-electron chi connectivity index (χ0n) is 8.98. The van der Waals surface area contributed by atoms with E-state index in [1.54, 1.807) is 0 Å². The van der Waals surface area contributed by atoms with E-state index in [-0.39, 0.29) is 0 Å². The van der Waals surface area contributed by atoms with Crippen molar-refractivity contribution in [3.8, 4) is 0 Å². The van der Waals surface area contributed by atoms with Gasteiger partial charge < -0.3 is 0 Å². The quantitative estimate of drug-likeness (QED) is 0.697. The van der Waals surface area contributed by atoms with Crippen molar-refractivity contribution in [2.45, 2.75) is 13.3 Å². The van der Waals surface area contributed by atoms with E-state index < -0.39 is 0 Å². The van der Waals surface area contributed by atoms with Crippen molar-refractivity contribution in [1.29, 1.82) is 0 Å². The van der Waals surface area contributed by atoms with Crippen LogP contribution in [-0.2, 0) is 6.42 Å². The van der Waals surface area contributed by atoms with Crippen molar-refractivity contribution >= 4 is 0 Å². The predicted octanol–water partition coefficient (Wildman–Crippen LogP) is 3.85. The first-order valence-corrected chi connectivity index (χ1v) is 5.38. The molecule has 0 spiro atoms. The van der Waals surface area contributed by atoms with Crippen LogP contribution in [0.15, 0.2) is 54.6 Å². The van der Waals surface area contributed by atoms with E-state index in [1.807, 2.05) is 6.07 Å². The molecule has 2 aromatic rings. The third kappa shape index (κ3) is 2.47. The van der Waals surface area contributed by atoms with Crippen LogP contribution in [-0.4, -0.2) is 0 Å². The molecule has 0 aliphatic heterocycles. The summed E-state index contributed by atoms with van der Waals surface area (Å²) in [5.41, 5.74) is 3.99. The van der Waals surface area contributed by atoms with Gasteiger partial charge in [-0.05, 0) is 23.1 Å². The first kappa shape index (κ1) is 9.97. The Morgan fingerprint density at radius 2 is 1.53 bits per heavy atom. The van der Waals surface area contributed by atoms with Crippen LogP contribution < -0.4 is 0 Å². The Balaban J connectivity index is 2.24. The standard InChI is InChI=1S/C15H15/c1-2-14-10-6-7-11-15(14)12-13-8-4-3-5-9-13/h3-12H,2H2,1H3. The minimum Gasteiger partial charge on any atom is -0.0622 e. The second-order valence-corrected chi connectivity index (χ2v) is 3.61. The molecule has 0 saturated carbocycles. The molecule has 0 atom stereocenters. The normalized spacial score (nSPS) is 10.2. The van der Waals surface area contributed by atoms with E-state index in [1.165, 1.54) is 16.7 Å². The van der Waals surface area contributed by atoms with Gasteiger partial charge in [-0.1, -0.05) is 61.5 Å². The van der Waals surface area contributed by atoms with Gasteiger partial charge in [-0.25, -0.2) is 0 Å². The average Bonchev–Trinajstić information content (AvgIpc) is 2.31. The van der Waals surface area contributed by atoms with Crippen molar-refractivity contribution in [3.63, 3.8) is 0 Å². The molecule has 0 unspecified atom stereocenters. The average molecular weight is 195 g/mol. The van der Waals surface area contributed by atoms with Gasteiger partial charge in [0.05, 0.1) is 0 Å². The molecule has 0 heteroatoms. The Morgan fingerprint density at radius 1 is 0.867 bits per heavy atom. The molecule has 0 aliphatic carbocycles. The number of aryl methyl sites for hydroxylation is 1. The minimum absolute atomic E-state index is 1.08. The lowest BCUT2D eigenvalue weighted by molar-refractivity contribution is 1.12. The largest absolute Gasteiger partial charge is 0.0622 e. The molecule has 15 heavy (non-hydrogen) atoms. The molecule has 0 saturated heterocycles. The molecule has 75 valence electrons. The molecule has 0 amide bonds. The second-order valence-electron chi connectivity index (χ2n) is 3.61. The van der Waals surface area contributed by atoms with Gasteiger partial charge in [-0.2, -0.15) is 0 Å². The van der Waals surface area contributed by atoms with Gasteiger partial charge in [0.1, 0.15) is 0 Å². The number of rotatable bonds is 3. The highest BCUT2D eigenvalue weighted by Gasteiger charge is 2.00. The van der Waals surface area contributed by atoms with Gasteiger partial charge in [0.2, 0.25) is 0 Å². The van der Waals surface area contributed by atoms with Crippen LogP contribution in [0.5, 0.6) is 0 Å². The van der Waals surface area contributed by atoms with E-state index in [0.717, 1.165) is 6.42 Å². The smallest absolute Gasteiger partial charge is 0.0202 e. The summed E-state index contributed by atoms with van der Waals surface area (Å²) in [4.78, 5) is 0. The fourth-order valence-corrected chi connectivity index (χ4v) is 1.73. The third-order valence-electron chi connectivity index (χ3n) is 2.56. The molecular weight excluding hydrogens is 180 g/mol.